The molecule has 0 saturated carbocycles. The topological polar surface area (TPSA) is 45.4 Å². The number of hydrogen-bond acceptors (Lipinski definition) is 3. The summed E-state index contributed by atoms with van der Waals surface area (Å²) < 4.78 is 3.49. The van der Waals surface area contributed by atoms with E-state index in [0.717, 1.165) is 48.3 Å². The molecule has 0 spiro atoms. The molecule has 0 amide bonds. The number of thiocarbonyl (C=S) groups is 1. The molecule has 2 heterocycles. The Bertz CT molecular complexity index is 1120. The Kier molecular flexibility index (Phi) is 5.83. The largest absolute Gasteiger partial charge is 0.367 e. The summed E-state index contributed by atoms with van der Waals surface area (Å²) in [5.74, 6) is 0. The summed E-state index contributed by atoms with van der Waals surface area (Å²) in [5, 5.41) is 4.53. The van der Waals surface area contributed by atoms with E-state index in [9.17, 15) is 4.79 Å². The van der Waals surface area contributed by atoms with Gasteiger partial charge in [0.2, 0.25) is 0 Å². The van der Waals surface area contributed by atoms with E-state index in [1.54, 1.807) is 4.68 Å². The molecule has 0 atom stereocenters. The summed E-state index contributed by atoms with van der Waals surface area (Å²) in [6.07, 6.45) is 0. The summed E-state index contributed by atoms with van der Waals surface area (Å²) in [5.41, 5.74) is 3.10. The average molecular weight is 442 g/mol. The van der Waals surface area contributed by atoms with Gasteiger partial charge in [-0.3, -0.25) is 9.48 Å². The number of aromatic nitrogens is 2. The minimum Gasteiger partial charge on any atom is -0.367 e. The van der Waals surface area contributed by atoms with Crippen LogP contribution in [0, 0.1) is 6.92 Å². The first-order valence-corrected chi connectivity index (χ1v) is 10.7. The van der Waals surface area contributed by atoms with Gasteiger partial charge in [-0.15, -0.1) is 0 Å². The van der Waals surface area contributed by atoms with Gasteiger partial charge in [-0.2, -0.15) is 0 Å². The molecule has 3 aromatic rings. The van der Waals surface area contributed by atoms with Crippen LogP contribution in [-0.2, 0) is 7.05 Å². The van der Waals surface area contributed by atoms with Gasteiger partial charge in [-0.25, -0.2) is 4.68 Å². The SMILES string of the molecule is Cc1c(NC(=S)N2CCN(c3ccccc3Cl)CC2)c(=O)n(-c2ccccc2)n1C. The summed E-state index contributed by atoms with van der Waals surface area (Å²) in [6.45, 7) is 5.06. The van der Waals surface area contributed by atoms with Crippen LogP contribution in [0.3, 0.4) is 0 Å². The Morgan fingerprint density at radius 3 is 2.30 bits per heavy atom. The normalized spacial score (nSPS) is 14.1. The van der Waals surface area contributed by atoms with Crippen LogP contribution in [0.25, 0.3) is 5.69 Å². The van der Waals surface area contributed by atoms with Crippen LogP contribution in [0.4, 0.5) is 11.4 Å². The lowest BCUT2D eigenvalue weighted by molar-refractivity contribution is 0.391. The molecule has 1 aromatic heterocycles. The lowest BCUT2D eigenvalue weighted by Crippen LogP contribution is -2.50. The van der Waals surface area contributed by atoms with Crippen molar-refractivity contribution in [2.45, 2.75) is 6.92 Å². The predicted octanol–water partition coefficient (Wildman–Crippen LogP) is 3.66. The Labute approximate surface area is 186 Å². The van der Waals surface area contributed by atoms with Crippen molar-refractivity contribution in [2.75, 3.05) is 36.4 Å². The van der Waals surface area contributed by atoms with Gasteiger partial charge in [0.25, 0.3) is 5.56 Å². The van der Waals surface area contributed by atoms with E-state index in [4.69, 9.17) is 23.8 Å². The van der Waals surface area contributed by atoms with Gasteiger partial charge in [0.05, 0.1) is 22.1 Å². The molecule has 2 aromatic carbocycles. The van der Waals surface area contributed by atoms with Gasteiger partial charge < -0.3 is 15.1 Å². The zero-order valence-corrected chi connectivity index (χ0v) is 18.6. The smallest absolute Gasteiger partial charge is 0.295 e. The molecule has 1 N–H and O–H groups in total. The highest BCUT2D eigenvalue weighted by molar-refractivity contribution is 7.80. The van der Waals surface area contributed by atoms with Crippen LogP contribution in [-0.4, -0.2) is 45.6 Å². The molecular formula is C22H24ClN5OS. The minimum atomic E-state index is -0.113. The van der Waals surface area contributed by atoms with Crippen LogP contribution < -0.4 is 15.8 Å². The number of halogens is 1. The van der Waals surface area contributed by atoms with Crippen LogP contribution in [0.1, 0.15) is 5.69 Å². The van der Waals surface area contributed by atoms with Crippen LogP contribution in [0.5, 0.6) is 0 Å². The number of para-hydroxylation sites is 2. The molecule has 1 aliphatic heterocycles. The lowest BCUT2D eigenvalue weighted by atomic mass is 10.2. The van der Waals surface area contributed by atoms with Crippen LogP contribution in [0.15, 0.2) is 59.4 Å². The Morgan fingerprint density at radius 2 is 1.63 bits per heavy atom. The van der Waals surface area contributed by atoms with E-state index in [-0.39, 0.29) is 5.56 Å². The Balaban J connectivity index is 1.48. The maximum absolute atomic E-state index is 13.1. The molecule has 8 heteroatoms. The first-order chi connectivity index (χ1) is 14.5. The third-order valence-electron chi connectivity index (χ3n) is 5.55. The zero-order chi connectivity index (χ0) is 21.3. The predicted molar refractivity (Wildman–Crippen MR) is 127 cm³/mol. The Hall–Kier alpha value is -2.77. The van der Waals surface area contributed by atoms with E-state index in [1.165, 1.54) is 0 Å². The minimum absolute atomic E-state index is 0.113. The first-order valence-electron chi connectivity index (χ1n) is 9.87. The number of rotatable bonds is 3. The quantitative estimate of drug-likeness (QED) is 0.628. The van der Waals surface area contributed by atoms with Crippen LogP contribution in [0.2, 0.25) is 5.02 Å². The summed E-state index contributed by atoms with van der Waals surface area (Å²) in [6, 6.07) is 17.5. The van der Waals surface area contributed by atoms with Gasteiger partial charge in [0, 0.05) is 33.2 Å². The van der Waals surface area contributed by atoms with Crippen molar-refractivity contribution < 1.29 is 0 Å². The Morgan fingerprint density at radius 1 is 1.00 bits per heavy atom. The molecule has 0 radical (unpaired) electrons. The second-order valence-corrected chi connectivity index (χ2v) is 8.09. The fraction of sp³-hybridized carbons (Fsp3) is 0.273. The third kappa shape index (κ3) is 3.82. The molecule has 0 unspecified atom stereocenters. The summed E-state index contributed by atoms with van der Waals surface area (Å²) in [4.78, 5) is 17.4. The molecule has 30 heavy (non-hydrogen) atoms. The molecule has 0 aliphatic carbocycles. The van der Waals surface area contributed by atoms with Gasteiger partial charge in [0.1, 0.15) is 5.69 Å². The fourth-order valence-electron chi connectivity index (χ4n) is 3.76. The maximum Gasteiger partial charge on any atom is 0.295 e. The van der Waals surface area contributed by atoms with Crippen molar-refractivity contribution in [3.63, 3.8) is 0 Å². The maximum atomic E-state index is 13.1. The van der Waals surface area contributed by atoms with E-state index in [0.29, 0.717) is 10.8 Å². The van der Waals surface area contributed by atoms with Crippen molar-refractivity contribution >= 4 is 40.3 Å². The number of nitrogens with zero attached hydrogens (tertiary/aromatic N) is 4. The van der Waals surface area contributed by atoms with Gasteiger partial charge >= 0.3 is 0 Å². The van der Waals surface area contributed by atoms with Crippen molar-refractivity contribution in [3.8, 4) is 5.69 Å². The van der Waals surface area contributed by atoms with Crippen LogP contribution >= 0.6 is 23.8 Å². The van der Waals surface area contributed by atoms with Crippen molar-refractivity contribution in [1.82, 2.24) is 14.3 Å². The molecule has 6 nitrogen and oxygen atoms in total. The molecule has 1 fully saturated rings. The molecular weight excluding hydrogens is 418 g/mol. The van der Waals surface area contributed by atoms with E-state index in [1.807, 2.05) is 73.3 Å². The summed E-state index contributed by atoms with van der Waals surface area (Å²) in [7, 11) is 1.88. The molecule has 4 rings (SSSR count). The van der Waals surface area contributed by atoms with Crippen molar-refractivity contribution in [2.24, 2.45) is 7.05 Å². The van der Waals surface area contributed by atoms with Crippen molar-refractivity contribution in [1.29, 1.82) is 0 Å². The highest BCUT2D eigenvalue weighted by Gasteiger charge is 2.23. The number of anilines is 2. The third-order valence-corrected chi connectivity index (χ3v) is 6.23. The molecule has 0 bridgehead atoms. The monoisotopic (exact) mass is 441 g/mol. The van der Waals surface area contributed by atoms with E-state index < -0.39 is 0 Å². The highest BCUT2D eigenvalue weighted by Crippen LogP contribution is 2.26. The lowest BCUT2D eigenvalue weighted by Gasteiger charge is -2.37. The average Bonchev–Trinajstić information content (AvgIpc) is 2.98. The highest BCUT2D eigenvalue weighted by atomic mass is 35.5. The second kappa shape index (κ2) is 8.53. The zero-order valence-electron chi connectivity index (χ0n) is 17.0. The fourth-order valence-corrected chi connectivity index (χ4v) is 4.30. The van der Waals surface area contributed by atoms with Gasteiger partial charge in [-0.1, -0.05) is 41.9 Å². The number of nitrogens with one attached hydrogen (secondary N) is 1. The number of piperazine rings is 1. The first kappa shape index (κ1) is 20.5. The van der Waals surface area contributed by atoms with Gasteiger partial charge in [-0.05, 0) is 43.4 Å². The molecule has 156 valence electrons. The van der Waals surface area contributed by atoms with E-state index in [2.05, 4.69) is 15.1 Å². The summed E-state index contributed by atoms with van der Waals surface area (Å²) >= 11 is 12.0. The standard InChI is InChI=1S/C22H24ClN5OS/c1-16-20(21(29)28(25(16)2)17-8-4-3-5-9-17)24-22(30)27-14-12-26(13-15-27)19-11-7-6-10-18(19)23/h3-11H,12-15H2,1-2H3,(H,24,30). The molecule has 1 saturated heterocycles. The number of benzene rings is 2. The molecule has 1 aliphatic rings. The number of hydrogen-bond donors (Lipinski definition) is 1. The van der Waals surface area contributed by atoms with Crippen molar-refractivity contribution in [3.05, 3.63) is 75.7 Å². The van der Waals surface area contributed by atoms with E-state index >= 15 is 0 Å². The van der Waals surface area contributed by atoms with Gasteiger partial charge in [0.15, 0.2) is 5.11 Å². The second-order valence-electron chi connectivity index (χ2n) is 7.29.